The molecule has 0 spiro atoms. The molecule has 0 saturated carbocycles. The van der Waals surface area contributed by atoms with Crippen LogP contribution in [0.5, 0.6) is 23.0 Å². The topological polar surface area (TPSA) is 117 Å². The number of carbonyl (C=O) groups excluding carboxylic acids is 2. The molecule has 0 unspecified atom stereocenters. The summed E-state index contributed by atoms with van der Waals surface area (Å²) < 4.78 is 11.2. The van der Waals surface area contributed by atoms with Gasteiger partial charge in [-0.15, -0.1) is 0 Å². The predicted molar refractivity (Wildman–Crippen MR) is 149 cm³/mol. The molecule has 8 heteroatoms. The van der Waals surface area contributed by atoms with Crippen LogP contribution in [-0.2, 0) is 15.0 Å². The van der Waals surface area contributed by atoms with Gasteiger partial charge in [0.15, 0.2) is 13.2 Å². The van der Waals surface area contributed by atoms with Gasteiger partial charge in [-0.05, 0) is 83.9 Å². The molecule has 4 rings (SSSR count). The van der Waals surface area contributed by atoms with Gasteiger partial charge in [-0.2, -0.15) is 0 Å². The van der Waals surface area contributed by atoms with E-state index in [0.29, 0.717) is 22.9 Å². The van der Waals surface area contributed by atoms with Gasteiger partial charge in [-0.25, -0.2) is 0 Å². The lowest BCUT2D eigenvalue weighted by atomic mass is 9.78. The predicted octanol–water partition coefficient (Wildman–Crippen LogP) is 5.46. The van der Waals surface area contributed by atoms with E-state index in [4.69, 9.17) is 9.47 Å². The Bertz CT molecular complexity index is 1290. The van der Waals surface area contributed by atoms with Gasteiger partial charge < -0.3 is 30.3 Å². The van der Waals surface area contributed by atoms with Crippen molar-refractivity contribution in [2.75, 3.05) is 23.8 Å². The highest BCUT2D eigenvalue weighted by atomic mass is 16.5. The zero-order valence-corrected chi connectivity index (χ0v) is 21.7. The van der Waals surface area contributed by atoms with Crippen LogP contribution in [0, 0.1) is 0 Å². The summed E-state index contributed by atoms with van der Waals surface area (Å²) in [5.41, 5.74) is 2.96. The Morgan fingerprint density at radius 3 is 1.26 bits per heavy atom. The molecule has 0 aliphatic carbocycles. The summed E-state index contributed by atoms with van der Waals surface area (Å²) in [5, 5.41) is 24.1. The van der Waals surface area contributed by atoms with E-state index in [1.807, 2.05) is 48.5 Å². The minimum Gasteiger partial charge on any atom is -0.508 e. The number of aromatic hydroxyl groups is 2. The van der Waals surface area contributed by atoms with Gasteiger partial charge in [-0.1, -0.05) is 38.1 Å². The van der Waals surface area contributed by atoms with Crippen molar-refractivity contribution in [3.05, 3.63) is 108 Å². The lowest BCUT2D eigenvalue weighted by molar-refractivity contribution is -0.118. The Morgan fingerprint density at radius 1 is 0.590 bits per heavy atom. The molecule has 0 bridgehead atoms. The van der Waals surface area contributed by atoms with E-state index >= 15 is 0 Å². The molecule has 0 saturated heterocycles. The lowest BCUT2D eigenvalue weighted by Gasteiger charge is -2.26. The molecule has 200 valence electrons. The van der Waals surface area contributed by atoms with Gasteiger partial charge in [0.25, 0.3) is 11.8 Å². The zero-order valence-electron chi connectivity index (χ0n) is 21.7. The molecule has 0 heterocycles. The molecule has 4 N–H and O–H groups in total. The first-order chi connectivity index (χ1) is 18.7. The van der Waals surface area contributed by atoms with Crippen LogP contribution in [0.15, 0.2) is 97.1 Å². The SMILES string of the molecule is CC(C)(c1ccc(OCC(=O)Nc2ccc(O)cc2)cc1)c1ccc(OCC(=O)Nc2ccc(O)cc2)cc1. The first-order valence-corrected chi connectivity index (χ1v) is 12.3. The number of phenols is 2. The van der Waals surface area contributed by atoms with Gasteiger partial charge in [0.2, 0.25) is 0 Å². The molecule has 2 amide bonds. The standard InChI is InChI=1S/C31H30N2O6/c1-31(2,21-3-15-27(16-4-21)38-19-29(36)32-23-7-11-25(34)12-8-23)22-5-17-28(18-6-22)39-20-30(37)33-24-9-13-26(35)14-10-24/h3-18,34-35H,19-20H2,1-2H3,(H,32,36)(H,33,37). The fourth-order valence-corrected chi connectivity index (χ4v) is 3.88. The summed E-state index contributed by atoms with van der Waals surface area (Å²) in [5.74, 6) is 0.803. The van der Waals surface area contributed by atoms with Gasteiger partial charge in [0.1, 0.15) is 23.0 Å². The monoisotopic (exact) mass is 526 g/mol. The van der Waals surface area contributed by atoms with Crippen molar-refractivity contribution < 1.29 is 29.3 Å². The average molecular weight is 527 g/mol. The lowest BCUT2D eigenvalue weighted by Crippen LogP contribution is -2.21. The summed E-state index contributed by atoms with van der Waals surface area (Å²) in [6.45, 7) is 3.93. The van der Waals surface area contributed by atoms with Crippen LogP contribution in [0.4, 0.5) is 11.4 Å². The van der Waals surface area contributed by atoms with Gasteiger partial charge in [-0.3, -0.25) is 9.59 Å². The first kappa shape index (κ1) is 27.1. The minimum absolute atomic E-state index is 0.128. The Kier molecular flexibility index (Phi) is 8.36. The van der Waals surface area contributed by atoms with Crippen LogP contribution >= 0.6 is 0 Å². The minimum atomic E-state index is -0.316. The highest BCUT2D eigenvalue weighted by Gasteiger charge is 2.23. The number of benzene rings is 4. The van der Waals surface area contributed by atoms with E-state index in [1.165, 1.54) is 24.3 Å². The van der Waals surface area contributed by atoms with E-state index in [2.05, 4.69) is 24.5 Å². The van der Waals surface area contributed by atoms with Crippen molar-refractivity contribution in [1.29, 1.82) is 0 Å². The molecule has 0 aliphatic rings. The number of ether oxygens (including phenoxy) is 2. The van der Waals surface area contributed by atoms with Gasteiger partial charge in [0, 0.05) is 16.8 Å². The number of nitrogens with one attached hydrogen (secondary N) is 2. The summed E-state index contributed by atoms with van der Waals surface area (Å²) >= 11 is 0. The number of hydrogen-bond donors (Lipinski definition) is 4. The quantitative estimate of drug-likeness (QED) is 0.204. The maximum absolute atomic E-state index is 12.1. The molecular formula is C31H30N2O6. The highest BCUT2D eigenvalue weighted by molar-refractivity contribution is 5.92. The highest BCUT2D eigenvalue weighted by Crippen LogP contribution is 2.33. The Morgan fingerprint density at radius 2 is 0.923 bits per heavy atom. The van der Waals surface area contributed by atoms with Crippen molar-refractivity contribution in [1.82, 2.24) is 0 Å². The van der Waals surface area contributed by atoms with Crippen LogP contribution in [0.1, 0.15) is 25.0 Å². The second-order valence-electron chi connectivity index (χ2n) is 9.44. The maximum atomic E-state index is 12.1. The van der Waals surface area contributed by atoms with Crippen molar-refractivity contribution in [2.24, 2.45) is 0 Å². The molecule has 4 aromatic rings. The molecule has 0 aliphatic heterocycles. The van der Waals surface area contributed by atoms with E-state index < -0.39 is 0 Å². The second-order valence-corrected chi connectivity index (χ2v) is 9.44. The second kappa shape index (κ2) is 12.0. The molecule has 0 fully saturated rings. The summed E-state index contributed by atoms with van der Waals surface area (Å²) in [4.78, 5) is 24.3. The van der Waals surface area contributed by atoms with E-state index in [0.717, 1.165) is 11.1 Å². The molecule has 0 atom stereocenters. The number of phenolic OH excluding ortho intramolecular Hbond substituents is 2. The number of amides is 2. The Labute approximate surface area is 226 Å². The number of carbonyl (C=O) groups is 2. The van der Waals surface area contributed by atoms with Crippen molar-refractivity contribution in [3.63, 3.8) is 0 Å². The number of anilines is 2. The average Bonchev–Trinajstić information content (AvgIpc) is 2.94. The van der Waals surface area contributed by atoms with Crippen molar-refractivity contribution >= 4 is 23.2 Å². The summed E-state index contributed by atoms with van der Waals surface area (Å²) in [6, 6.07) is 27.6. The third kappa shape index (κ3) is 7.52. The third-order valence-electron chi connectivity index (χ3n) is 6.19. The largest absolute Gasteiger partial charge is 0.508 e. The summed E-state index contributed by atoms with van der Waals surface area (Å²) in [6.07, 6.45) is 0. The Balaban J connectivity index is 1.28. The fraction of sp³-hybridized carbons (Fsp3) is 0.161. The van der Waals surface area contributed by atoms with Crippen LogP contribution in [0.25, 0.3) is 0 Å². The third-order valence-corrected chi connectivity index (χ3v) is 6.19. The van der Waals surface area contributed by atoms with Crippen LogP contribution in [-0.4, -0.2) is 35.2 Å². The van der Waals surface area contributed by atoms with E-state index in [9.17, 15) is 19.8 Å². The molecule has 39 heavy (non-hydrogen) atoms. The van der Waals surface area contributed by atoms with Crippen LogP contribution < -0.4 is 20.1 Å². The number of hydrogen-bond acceptors (Lipinski definition) is 6. The van der Waals surface area contributed by atoms with Crippen molar-refractivity contribution in [3.8, 4) is 23.0 Å². The van der Waals surface area contributed by atoms with Gasteiger partial charge in [0.05, 0.1) is 0 Å². The normalized spacial score (nSPS) is 10.9. The van der Waals surface area contributed by atoms with Crippen molar-refractivity contribution in [2.45, 2.75) is 19.3 Å². The fourth-order valence-electron chi connectivity index (χ4n) is 3.88. The van der Waals surface area contributed by atoms with Crippen LogP contribution in [0.3, 0.4) is 0 Å². The smallest absolute Gasteiger partial charge is 0.262 e. The first-order valence-electron chi connectivity index (χ1n) is 12.3. The Hall–Kier alpha value is -4.98. The number of rotatable bonds is 10. The molecule has 0 aromatic heterocycles. The zero-order chi connectivity index (χ0) is 27.8. The summed E-state index contributed by atoms with van der Waals surface area (Å²) in [7, 11) is 0. The van der Waals surface area contributed by atoms with Gasteiger partial charge >= 0.3 is 0 Å². The molecule has 8 nitrogen and oxygen atoms in total. The van der Waals surface area contributed by atoms with E-state index in [-0.39, 0.29) is 41.9 Å². The molecule has 0 radical (unpaired) electrons. The molecule has 4 aromatic carbocycles. The maximum Gasteiger partial charge on any atom is 0.262 e. The van der Waals surface area contributed by atoms with Crippen LogP contribution in [0.2, 0.25) is 0 Å². The van der Waals surface area contributed by atoms with E-state index in [1.54, 1.807) is 24.3 Å². The molecular weight excluding hydrogens is 496 g/mol.